The predicted molar refractivity (Wildman–Crippen MR) is 226 cm³/mol. The van der Waals surface area contributed by atoms with E-state index < -0.39 is 10.0 Å². The highest BCUT2D eigenvalue weighted by molar-refractivity contribution is 7.88. The second-order valence-electron chi connectivity index (χ2n) is 14.9. The molecule has 0 radical (unpaired) electrons. The van der Waals surface area contributed by atoms with Gasteiger partial charge in [0.25, 0.3) is 0 Å². The van der Waals surface area contributed by atoms with Crippen LogP contribution in [0, 0.1) is 0 Å². The zero-order valence-electron chi connectivity index (χ0n) is 33.5. The minimum Gasteiger partial charge on any atom is -0.497 e. The van der Waals surface area contributed by atoms with E-state index in [-0.39, 0.29) is 0 Å². The van der Waals surface area contributed by atoms with Gasteiger partial charge in [-0.25, -0.2) is 23.4 Å². The summed E-state index contributed by atoms with van der Waals surface area (Å²) in [6, 6.07) is 24.9. The van der Waals surface area contributed by atoms with Crippen LogP contribution in [-0.4, -0.2) is 124 Å². The summed E-state index contributed by atoms with van der Waals surface area (Å²) >= 11 is 0. The van der Waals surface area contributed by atoms with Crippen molar-refractivity contribution in [3.8, 4) is 22.8 Å². The van der Waals surface area contributed by atoms with Crippen molar-refractivity contribution in [2.75, 3.05) is 101 Å². The lowest BCUT2D eigenvalue weighted by Gasteiger charge is -2.33. The Morgan fingerprint density at radius 3 is 2.00 bits per heavy atom. The maximum atomic E-state index is 12.0. The largest absolute Gasteiger partial charge is 0.497 e. The Kier molecular flexibility index (Phi) is 12.0. The second-order valence-corrected chi connectivity index (χ2v) is 16.9. The van der Waals surface area contributed by atoms with Crippen LogP contribution in [-0.2, 0) is 40.7 Å². The molecule has 0 bridgehead atoms. The van der Waals surface area contributed by atoms with Crippen molar-refractivity contribution in [1.82, 2.24) is 29.1 Å². The zero-order valence-corrected chi connectivity index (χ0v) is 34.3. The molecule has 5 aromatic rings. The molecular weight excluding hydrogens is 755 g/mol. The van der Waals surface area contributed by atoms with E-state index in [1.807, 2.05) is 36.7 Å². The summed E-state index contributed by atoms with van der Waals surface area (Å²) in [6.07, 6.45) is 6.73. The number of ether oxygens (including phenoxy) is 3. The van der Waals surface area contributed by atoms with Gasteiger partial charge in [0.05, 0.1) is 39.4 Å². The van der Waals surface area contributed by atoms with Gasteiger partial charge in [0, 0.05) is 94.7 Å². The molecule has 58 heavy (non-hydrogen) atoms. The van der Waals surface area contributed by atoms with Crippen molar-refractivity contribution in [3.63, 3.8) is 0 Å². The van der Waals surface area contributed by atoms with Gasteiger partial charge in [0.15, 0.2) is 0 Å². The molecule has 3 aromatic carbocycles. The molecule has 0 aliphatic carbocycles. The van der Waals surface area contributed by atoms with Crippen molar-refractivity contribution in [2.45, 2.75) is 25.9 Å². The third kappa shape index (κ3) is 9.18. The number of hydrogen-bond acceptors (Lipinski definition) is 13. The fourth-order valence-corrected chi connectivity index (χ4v) is 8.62. The molecule has 0 atom stereocenters. The first-order valence-corrected chi connectivity index (χ1v) is 21.7. The number of anilines is 4. The Labute approximate surface area is 341 Å². The van der Waals surface area contributed by atoms with Crippen LogP contribution in [0.2, 0.25) is 0 Å². The summed E-state index contributed by atoms with van der Waals surface area (Å²) in [5.74, 6) is 3.82. The van der Waals surface area contributed by atoms with E-state index in [0.717, 1.165) is 90.0 Å². The molecular formula is C43H51N9O5S. The van der Waals surface area contributed by atoms with Gasteiger partial charge >= 0.3 is 0 Å². The molecule has 0 saturated carbocycles. The van der Waals surface area contributed by atoms with Crippen molar-refractivity contribution in [1.29, 1.82) is 0 Å². The summed E-state index contributed by atoms with van der Waals surface area (Å²) in [4.78, 5) is 29.4. The quantitative estimate of drug-likeness (QED) is 0.153. The topological polar surface area (TPSA) is 130 Å². The number of benzene rings is 3. The zero-order chi connectivity index (χ0) is 40.1. The van der Waals surface area contributed by atoms with Crippen molar-refractivity contribution in [3.05, 3.63) is 107 Å². The Bertz CT molecular complexity index is 2210. The van der Waals surface area contributed by atoms with Crippen LogP contribution in [0.3, 0.4) is 0 Å². The number of hydrogen-bond donors (Lipinski definition) is 0. The molecule has 2 saturated heterocycles. The summed E-state index contributed by atoms with van der Waals surface area (Å²) in [6.45, 7) is 8.10. The molecule has 5 heterocycles. The molecule has 0 N–H and O–H groups in total. The fraction of sp³-hybridized carbons (Fsp3) is 0.395. The van der Waals surface area contributed by atoms with Crippen LogP contribution in [0.4, 0.5) is 23.4 Å². The number of morpholine rings is 1. The van der Waals surface area contributed by atoms with E-state index in [9.17, 15) is 8.42 Å². The average Bonchev–Trinajstić information content (AvgIpc) is 3.70. The number of nitrogens with zero attached hydrogens (tertiary/aromatic N) is 9. The molecule has 0 amide bonds. The van der Waals surface area contributed by atoms with Gasteiger partial charge in [-0.3, -0.25) is 0 Å². The van der Waals surface area contributed by atoms with E-state index in [1.165, 1.54) is 11.8 Å². The van der Waals surface area contributed by atoms with Gasteiger partial charge in [0.2, 0.25) is 21.9 Å². The minimum atomic E-state index is -3.15. The van der Waals surface area contributed by atoms with Crippen LogP contribution in [0.1, 0.15) is 22.3 Å². The lowest BCUT2D eigenvalue weighted by atomic mass is 10.1. The van der Waals surface area contributed by atoms with Crippen LogP contribution >= 0.6 is 0 Å². The maximum absolute atomic E-state index is 12.0. The van der Waals surface area contributed by atoms with E-state index >= 15 is 0 Å². The first-order valence-electron chi connectivity index (χ1n) is 19.8. The first-order chi connectivity index (χ1) is 28.2. The number of methoxy groups -OCH3 is 2. The van der Waals surface area contributed by atoms with Gasteiger partial charge in [-0.1, -0.05) is 36.4 Å². The van der Waals surface area contributed by atoms with Crippen LogP contribution < -0.4 is 24.2 Å². The van der Waals surface area contributed by atoms with Crippen molar-refractivity contribution in [2.24, 2.45) is 0 Å². The standard InChI is InChI=1S/C43H51N9O5S/c1-55-37-11-7-33(8-12-37)30-50(31-34-9-13-38(56-2)14-10-34)42-44-28-35(29-45-42)40-39-16-18-52(41(39)47-43(46-40)49-23-25-57-26-24-49)36-6-4-5-32(27-36)15-17-48-19-21-51(22-20-48)58(3,53)54/h4-14,27-29H,15-26,30-31H2,1-3H3. The second kappa shape index (κ2) is 17.6. The van der Waals surface area contributed by atoms with Crippen LogP contribution in [0.25, 0.3) is 11.3 Å². The SMILES string of the molecule is COc1ccc(CN(Cc2ccc(OC)cc2)c2ncc(-c3nc(N4CCOCC4)nc4c3CCN4c3cccc(CCN4CCN(S(C)(=O)=O)CC4)c3)cn2)cc1. The summed E-state index contributed by atoms with van der Waals surface area (Å²) in [5, 5.41) is 0. The van der Waals surface area contributed by atoms with Gasteiger partial charge < -0.3 is 33.8 Å². The van der Waals surface area contributed by atoms with Crippen molar-refractivity contribution >= 4 is 33.4 Å². The summed E-state index contributed by atoms with van der Waals surface area (Å²) in [5.41, 5.74) is 7.33. The number of aromatic nitrogens is 4. The van der Waals surface area contributed by atoms with Crippen LogP contribution in [0.5, 0.6) is 11.5 Å². The van der Waals surface area contributed by atoms with Gasteiger partial charge in [-0.2, -0.15) is 9.29 Å². The monoisotopic (exact) mass is 805 g/mol. The molecule has 2 fully saturated rings. The maximum Gasteiger partial charge on any atom is 0.228 e. The van der Waals surface area contributed by atoms with E-state index in [0.29, 0.717) is 64.4 Å². The number of sulfonamides is 1. The summed E-state index contributed by atoms with van der Waals surface area (Å²) in [7, 11) is 0.192. The molecule has 0 spiro atoms. The first kappa shape index (κ1) is 39.5. The normalized spacial score (nSPS) is 16.3. The Morgan fingerprint density at radius 1 is 0.759 bits per heavy atom. The molecule has 0 unspecified atom stereocenters. The van der Waals surface area contributed by atoms with E-state index in [4.69, 9.17) is 34.1 Å². The fourth-order valence-electron chi connectivity index (χ4n) is 7.80. The highest BCUT2D eigenvalue weighted by Gasteiger charge is 2.30. The minimum absolute atomic E-state index is 0.538. The highest BCUT2D eigenvalue weighted by Crippen LogP contribution is 2.39. The van der Waals surface area contributed by atoms with Gasteiger partial charge in [-0.15, -0.1) is 0 Å². The molecule has 15 heteroatoms. The smallest absolute Gasteiger partial charge is 0.228 e. The Morgan fingerprint density at radius 2 is 1.40 bits per heavy atom. The van der Waals surface area contributed by atoms with Crippen molar-refractivity contribution < 1.29 is 22.6 Å². The molecule has 304 valence electrons. The number of rotatable bonds is 14. The number of fused-ring (bicyclic) bond motifs is 1. The highest BCUT2D eigenvalue weighted by atomic mass is 32.2. The molecule has 2 aromatic heterocycles. The molecule has 8 rings (SSSR count). The van der Waals surface area contributed by atoms with Crippen LogP contribution in [0.15, 0.2) is 85.2 Å². The van der Waals surface area contributed by atoms with E-state index in [2.05, 4.69) is 68.1 Å². The van der Waals surface area contributed by atoms with E-state index in [1.54, 1.807) is 18.5 Å². The Balaban J connectivity index is 1.06. The lowest BCUT2D eigenvalue weighted by Crippen LogP contribution is -2.48. The Hall–Kier alpha value is -5.35. The van der Waals surface area contributed by atoms with Gasteiger partial charge in [0.1, 0.15) is 17.3 Å². The third-order valence-electron chi connectivity index (χ3n) is 11.1. The molecule has 3 aliphatic heterocycles. The number of piperazine rings is 1. The summed E-state index contributed by atoms with van der Waals surface area (Å²) < 4.78 is 42.0. The molecule has 3 aliphatic rings. The predicted octanol–water partition coefficient (Wildman–Crippen LogP) is 4.81. The van der Waals surface area contributed by atoms with Gasteiger partial charge in [-0.05, 0) is 65.9 Å². The average molecular weight is 806 g/mol. The molecule has 14 nitrogen and oxygen atoms in total. The lowest BCUT2D eigenvalue weighted by molar-refractivity contribution is 0.122. The third-order valence-corrected chi connectivity index (χ3v) is 12.4.